The van der Waals surface area contributed by atoms with Crippen molar-refractivity contribution in [3.8, 4) is 17.6 Å². The van der Waals surface area contributed by atoms with Crippen LogP contribution in [0.4, 0.5) is 5.69 Å². The van der Waals surface area contributed by atoms with E-state index in [0.29, 0.717) is 36.4 Å². The van der Waals surface area contributed by atoms with E-state index in [0.717, 1.165) is 56.0 Å². The topological polar surface area (TPSA) is 88.6 Å². The Labute approximate surface area is 237 Å². The number of ether oxygens (including phenoxy) is 2. The minimum absolute atomic E-state index is 0.0644. The SMILES string of the molecule is COc1ccc(OCc2cc(C3C(C#N)=C(N)N(c4ccccc4Br)C4=C3C(=O)CCC4)c(C)cc2C)cc1. The van der Waals surface area contributed by atoms with Crippen molar-refractivity contribution in [1.29, 1.82) is 5.26 Å². The van der Waals surface area contributed by atoms with E-state index in [2.05, 4.69) is 34.1 Å². The number of nitriles is 1. The summed E-state index contributed by atoms with van der Waals surface area (Å²) in [7, 11) is 1.63. The average Bonchev–Trinajstić information content (AvgIpc) is 2.93. The van der Waals surface area contributed by atoms with E-state index in [1.165, 1.54) is 0 Å². The van der Waals surface area contributed by atoms with Crippen molar-refractivity contribution < 1.29 is 14.3 Å². The second-order valence-corrected chi connectivity index (χ2v) is 10.7. The highest BCUT2D eigenvalue weighted by Crippen LogP contribution is 2.48. The molecule has 5 rings (SSSR count). The molecule has 3 aromatic carbocycles. The maximum absolute atomic E-state index is 13.6. The highest BCUT2D eigenvalue weighted by Gasteiger charge is 2.41. The zero-order chi connectivity index (χ0) is 27.7. The fraction of sp³-hybridized carbons (Fsp3) is 0.250. The fourth-order valence-corrected chi connectivity index (χ4v) is 5.98. The van der Waals surface area contributed by atoms with Crippen molar-refractivity contribution in [3.63, 3.8) is 0 Å². The fourth-order valence-electron chi connectivity index (χ4n) is 5.52. The van der Waals surface area contributed by atoms with Crippen LogP contribution >= 0.6 is 15.9 Å². The lowest BCUT2D eigenvalue weighted by atomic mass is 9.74. The summed E-state index contributed by atoms with van der Waals surface area (Å²) in [6, 6.07) is 21.7. The predicted octanol–water partition coefficient (Wildman–Crippen LogP) is 6.96. The van der Waals surface area contributed by atoms with E-state index in [1.807, 2.05) is 67.3 Å². The molecule has 39 heavy (non-hydrogen) atoms. The average molecular weight is 585 g/mol. The Balaban J connectivity index is 1.60. The number of Topliss-reactive ketones (excluding diaryl/α,β-unsaturated/α-hetero) is 1. The Morgan fingerprint density at radius 3 is 2.46 bits per heavy atom. The first-order valence-corrected chi connectivity index (χ1v) is 13.7. The number of allylic oxidation sites excluding steroid dienone is 3. The number of hydrogen-bond acceptors (Lipinski definition) is 6. The molecule has 0 saturated heterocycles. The standard InChI is InChI=1S/C32H30BrN3O3/c1-19-15-20(2)24(16-21(19)18-39-23-13-11-22(38-3)12-14-23)30-25(17-34)32(35)36(27-8-5-4-7-26(27)33)28-9-6-10-29(37)31(28)30/h4-5,7-8,11-16,30H,6,9-10,18,35H2,1-3H3. The van der Waals surface area contributed by atoms with Crippen molar-refractivity contribution in [2.24, 2.45) is 5.73 Å². The molecule has 1 unspecified atom stereocenters. The summed E-state index contributed by atoms with van der Waals surface area (Å²) in [4.78, 5) is 15.5. The predicted molar refractivity (Wildman–Crippen MR) is 155 cm³/mol. The maximum atomic E-state index is 13.6. The number of hydrogen-bond donors (Lipinski definition) is 1. The largest absolute Gasteiger partial charge is 0.497 e. The quantitative estimate of drug-likeness (QED) is 0.337. The zero-order valence-corrected chi connectivity index (χ0v) is 23.8. The van der Waals surface area contributed by atoms with E-state index in [1.54, 1.807) is 7.11 Å². The van der Waals surface area contributed by atoms with Gasteiger partial charge in [0.2, 0.25) is 0 Å². The van der Waals surface area contributed by atoms with Gasteiger partial charge >= 0.3 is 0 Å². The summed E-state index contributed by atoms with van der Waals surface area (Å²) in [5, 5.41) is 10.4. The van der Waals surface area contributed by atoms with Crippen LogP contribution in [0.3, 0.4) is 0 Å². The molecule has 7 heteroatoms. The van der Waals surface area contributed by atoms with E-state index < -0.39 is 5.92 Å². The molecule has 0 bridgehead atoms. The molecule has 2 aliphatic rings. The second kappa shape index (κ2) is 11.0. The number of nitrogens with zero attached hydrogens (tertiary/aromatic N) is 2. The van der Waals surface area contributed by atoms with E-state index in [-0.39, 0.29) is 5.78 Å². The molecule has 0 amide bonds. The first-order chi connectivity index (χ1) is 18.8. The molecule has 1 heterocycles. The van der Waals surface area contributed by atoms with Crippen LogP contribution in [0.15, 0.2) is 87.8 Å². The van der Waals surface area contributed by atoms with Gasteiger partial charge in [0.15, 0.2) is 5.78 Å². The van der Waals surface area contributed by atoms with Gasteiger partial charge in [0.1, 0.15) is 23.9 Å². The van der Waals surface area contributed by atoms with Crippen molar-refractivity contribution in [3.05, 3.63) is 110 Å². The van der Waals surface area contributed by atoms with Crippen LogP contribution in [0.5, 0.6) is 11.5 Å². The monoisotopic (exact) mass is 583 g/mol. The first-order valence-electron chi connectivity index (χ1n) is 12.9. The number of rotatable bonds is 6. The third kappa shape index (κ3) is 4.93. The molecular weight excluding hydrogens is 554 g/mol. The van der Waals surface area contributed by atoms with Gasteiger partial charge in [-0.15, -0.1) is 0 Å². The second-order valence-electron chi connectivity index (χ2n) is 9.87. The minimum atomic E-state index is -0.531. The van der Waals surface area contributed by atoms with E-state index in [4.69, 9.17) is 15.2 Å². The summed E-state index contributed by atoms with van der Waals surface area (Å²) in [6.45, 7) is 4.42. The third-order valence-electron chi connectivity index (χ3n) is 7.50. The Morgan fingerprint density at radius 1 is 1.05 bits per heavy atom. The lowest BCUT2D eigenvalue weighted by Crippen LogP contribution is -2.39. The van der Waals surface area contributed by atoms with Gasteiger partial charge < -0.3 is 15.2 Å². The molecule has 6 nitrogen and oxygen atoms in total. The molecule has 0 aromatic heterocycles. The molecular formula is C32H30BrN3O3. The van der Waals surface area contributed by atoms with Gasteiger partial charge in [-0.25, -0.2) is 0 Å². The lowest BCUT2D eigenvalue weighted by Gasteiger charge is -2.40. The highest BCUT2D eigenvalue weighted by atomic mass is 79.9. The van der Waals surface area contributed by atoms with Crippen molar-refractivity contribution in [1.82, 2.24) is 0 Å². The first kappa shape index (κ1) is 26.6. The van der Waals surface area contributed by atoms with Crippen LogP contribution in [-0.2, 0) is 11.4 Å². The molecule has 198 valence electrons. The number of aryl methyl sites for hydroxylation is 2. The minimum Gasteiger partial charge on any atom is -0.497 e. The van der Waals surface area contributed by atoms with E-state index >= 15 is 0 Å². The Kier molecular flexibility index (Phi) is 7.49. The normalized spacial score (nSPS) is 17.2. The molecule has 2 N–H and O–H groups in total. The van der Waals surface area contributed by atoms with E-state index in [9.17, 15) is 10.1 Å². The summed E-state index contributed by atoms with van der Waals surface area (Å²) in [5.41, 5.74) is 13.5. The Hall–Kier alpha value is -4.02. The molecule has 1 aliphatic carbocycles. The van der Waals surface area contributed by atoms with Gasteiger partial charge in [-0.3, -0.25) is 9.69 Å². The molecule has 3 aromatic rings. The number of methoxy groups -OCH3 is 1. The number of carbonyl (C=O) groups excluding carboxylic acids is 1. The number of carbonyl (C=O) groups is 1. The number of anilines is 1. The summed E-state index contributed by atoms with van der Waals surface area (Å²) < 4.78 is 12.2. The van der Waals surface area contributed by atoms with Crippen LogP contribution in [0, 0.1) is 25.2 Å². The Bertz CT molecular complexity index is 1550. The maximum Gasteiger partial charge on any atom is 0.161 e. The van der Waals surface area contributed by atoms with Crippen molar-refractivity contribution >= 4 is 27.4 Å². The van der Waals surface area contributed by atoms with Crippen molar-refractivity contribution in [2.75, 3.05) is 12.0 Å². The number of ketones is 1. The number of nitrogens with two attached hydrogens (primary N) is 1. The van der Waals surface area contributed by atoms with Crippen LogP contribution in [0.1, 0.15) is 47.4 Å². The smallest absolute Gasteiger partial charge is 0.161 e. The van der Waals surface area contributed by atoms with Crippen LogP contribution < -0.4 is 20.1 Å². The lowest BCUT2D eigenvalue weighted by molar-refractivity contribution is -0.116. The molecule has 0 spiro atoms. The zero-order valence-electron chi connectivity index (χ0n) is 22.3. The van der Waals surface area contributed by atoms with Crippen molar-refractivity contribution in [2.45, 2.75) is 45.6 Å². The molecule has 0 fully saturated rings. The summed E-state index contributed by atoms with van der Waals surface area (Å²) >= 11 is 3.64. The number of para-hydroxylation sites is 1. The highest BCUT2D eigenvalue weighted by molar-refractivity contribution is 9.10. The van der Waals surface area contributed by atoms with Gasteiger partial charge in [-0.1, -0.05) is 24.3 Å². The third-order valence-corrected chi connectivity index (χ3v) is 8.17. The van der Waals surface area contributed by atoms with Gasteiger partial charge in [-0.05, 0) is 101 Å². The molecule has 0 saturated carbocycles. The van der Waals surface area contributed by atoms with Gasteiger partial charge in [0.05, 0.1) is 30.4 Å². The van der Waals surface area contributed by atoms with Gasteiger partial charge in [0.25, 0.3) is 0 Å². The van der Waals surface area contributed by atoms with Crippen LogP contribution in [0.2, 0.25) is 0 Å². The summed E-state index contributed by atoms with van der Waals surface area (Å²) in [6.07, 6.45) is 1.90. The number of halogens is 1. The Morgan fingerprint density at radius 2 is 1.77 bits per heavy atom. The molecule has 1 aliphatic heterocycles. The molecule has 1 atom stereocenters. The van der Waals surface area contributed by atoms with Gasteiger partial charge in [0, 0.05) is 22.2 Å². The van der Waals surface area contributed by atoms with Gasteiger partial charge in [-0.2, -0.15) is 5.26 Å². The molecule has 0 radical (unpaired) electrons. The summed E-state index contributed by atoms with van der Waals surface area (Å²) in [5.74, 6) is 1.39. The van der Waals surface area contributed by atoms with Crippen LogP contribution in [0.25, 0.3) is 0 Å². The van der Waals surface area contributed by atoms with Crippen LogP contribution in [-0.4, -0.2) is 12.9 Å². The number of benzene rings is 3.